The molecule has 1 aliphatic carbocycles. The van der Waals surface area contributed by atoms with E-state index in [0.717, 1.165) is 24.0 Å². The van der Waals surface area contributed by atoms with Gasteiger partial charge in [-0.25, -0.2) is 0 Å². The number of Topliss-reactive ketones (excluding diaryl/α,β-unsaturated/α-hetero) is 2. The average molecular weight is 230 g/mol. The van der Waals surface area contributed by atoms with Crippen molar-refractivity contribution in [1.82, 2.24) is 0 Å². The van der Waals surface area contributed by atoms with Crippen molar-refractivity contribution in [3.05, 3.63) is 35.4 Å². The van der Waals surface area contributed by atoms with Crippen LogP contribution in [-0.4, -0.2) is 11.6 Å². The number of ketones is 2. The van der Waals surface area contributed by atoms with Gasteiger partial charge in [0.05, 0.1) is 0 Å². The molecule has 2 nitrogen and oxygen atoms in total. The van der Waals surface area contributed by atoms with E-state index in [2.05, 4.69) is 0 Å². The maximum atomic E-state index is 12.0. The summed E-state index contributed by atoms with van der Waals surface area (Å²) in [6, 6.07) is 7.67. The Morgan fingerprint density at radius 3 is 2.65 bits per heavy atom. The molecule has 1 aromatic rings. The number of hydrogen-bond acceptors (Lipinski definition) is 2. The highest BCUT2D eigenvalue weighted by Gasteiger charge is 2.22. The van der Waals surface area contributed by atoms with Crippen molar-refractivity contribution in [3.63, 3.8) is 0 Å². The van der Waals surface area contributed by atoms with E-state index in [0.29, 0.717) is 25.0 Å². The standard InChI is InChI=1S/C15H18O2/c1-11-5-7-13(8-6-11)15(17)10-12-3-2-4-14(16)9-12/h5-8,12H,2-4,9-10H2,1H3. The normalized spacial score (nSPS) is 20.3. The third-order valence-corrected chi connectivity index (χ3v) is 3.43. The van der Waals surface area contributed by atoms with Crippen molar-refractivity contribution in [2.24, 2.45) is 5.92 Å². The molecule has 1 saturated carbocycles. The van der Waals surface area contributed by atoms with Gasteiger partial charge in [0.15, 0.2) is 5.78 Å². The zero-order valence-corrected chi connectivity index (χ0v) is 10.2. The fraction of sp³-hybridized carbons (Fsp3) is 0.467. The second-order valence-electron chi connectivity index (χ2n) is 4.99. The van der Waals surface area contributed by atoms with Crippen LogP contribution in [0.1, 0.15) is 48.0 Å². The van der Waals surface area contributed by atoms with Gasteiger partial charge in [-0.15, -0.1) is 0 Å². The molecule has 0 radical (unpaired) electrons. The molecule has 1 unspecified atom stereocenters. The number of carbonyl (C=O) groups is 2. The summed E-state index contributed by atoms with van der Waals surface area (Å²) in [6.07, 6.45) is 3.79. The van der Waals surface area contributed by atoms with Crippen LogP contribution in [0.2, 0.25) is 0 Å². The Labute approximate surface area is 102 Å². The van der Waals surface area contributed by atoms with Crippen LogP contribution in [0.5, 0.6) is 0 Å². The van der Waals surface area contributed by atoms with Gasteiger partial charge in [0.2, 0.25) is 0 Å². The highest BCUT2D eigenvalue weighted by atomic mass is 16.1. The number of benzene rings is 1. The van der Waals surface area contributed by atoms with E-state index in [4.69, 9.17) is 0 Å². The van der Waals surface area contributed by atoms with Gasteiger partial charge < -0.3 is 0 Å². The van der Waals surface area contributed by atoms with Gasteiger partial charge in [-0.2, -0.15) is 0 Å². The zero-order chi connectivity index (χ0) is 12.3. The minimum atomic E-state index is 0.171. The molecule has 0 N–H and O–H groups in total. The fourth-order valence-electron chi connectivity index (χ4n) is 2.41. The molecular formula is C15H18O2. The van der Waals surface area contributed by atoms with Crippen LogP contribution in [0.15, 0.2) is 24.3 Å². The summed E-state index contributed by atoms with van der Waals surface area (Å²) in [5, 5.41) is 0. The molecule has 17 heavy (non-hydrogen) atoms. The van der Waals surface area contributed by atoms with Crippen LogP contribution >= 0.6 is 0 Å². The molecule has 2 rings (SSSR count). The first-order valence-electron chi connectivity index (χ1n) is 6.27. The Kier molecular flexibility index (Phi) is 3.72. The molecule has 0 saturated heterocycles. The summed E-state index contributed by atoms with van der Waals surface area (Å²) in [6.45, 7) is 2.01. The zero-order valence-electron chi connectivity index (χ0n) is 10.2. The van der Waals surface area contributed by atoms with E-state index in [1.165, 1.54) is 0 Å². The van der Waals surface area contributed by atoms with Crippen LogP contribution in [0.25, 0.3) is 0 Å². The van der Waals surface area contributed by atoms with E-state index in [9.17, 15) is 9.59 Å². The summed E-state index contributed by atoms with van der Waals surface area (Å²) in [4.78, 5) is 23.3. The summed E-state index contributed by atoms with van der Waals surface area (Å²) in [5.41, 5.74) is 1.93. The second-order valence-corrected chi connectivity index (χ2v) is 4.99. The molecule has 0 amide bonds. The average Bonchev–Trinajstić information content (AvgIpc) is 2.29. The largest absolute Gasteiger partial charge is 0.300 e. The van der Waals surface area contributed by atoms with Crippen molar-refractivity contribution in [1.29, 1.82) is 0 Å². The molecular weight excluding hydrogens is 212 g/mol. The molecule has 0 aromatic heterocycles. The lowest BCUT2D eigenvalue weighted by molar-refractivity contribution is -0.121. The van der Waals surface area contributed by atoms with Gasteiger partial charge in [-0.05, 0) is 25.7 Å². The molecule has 1 aromatic carbocycles. The van der Waals surface area contributed by atoms with E-state index in [-0.39, 0.29) is 11.7 Å². The summed E-state index contributed by atoms with van der Waals surface area (Å²) in [7, 11) is 0. The fourth-order valence-corrected chi connectivity index (χ4v) is 2.41. The molecule has 1 atom stereocenters. The smallest absolute Gasteiger partial charge is 0.163 e. The Bertz CT molecular complexity index is 417. The molecule has 1 fully saturated rings. The molecule has 0 spiro atoms. The Morgan fingerprint density at radius 2 is 2.00 bits per heavy atom. The summed E-state index contributed by atoms with van der Waals surface area (Å²) < 4.78 is 0. The van der Waals surface area contributed by atoms with Gasteiger partial charge in [0, 0.05) is 24.8 Å². The highest BCUT2D eigenvalue weighted by molar-refractivity contribution is 5.96. The van der Waals surface area contributed by atoms with Crippen molar-refractivity contribution in [2.75, 3.05) is 0 Å². The van der Waals surface area contributed by atoms with Crippen molar-refractivity contribution in [2.45, 2.75) is 39.0 Å². The monoisotopic (exact) mass is 230 g/mol. The predicted octanol–water partition coefficient (Wildman–Crippen LogP) is 3.33. The van der Waals surface area contributed by atoms with Gasteiger partial charge in [-0.1, -0.05) is 29.8 Å². The maximum absolute atomic E-state index is 12.0. The van der Waals surface area contributed by atoms with E-state index in [1.54, 1.807) is 0 Å². The molecule has 0 bridgehead atoms. The molecule has 90 valence electrons. The Hall–Kier alpha value is -1.44. The van der Waals surface area contributed by atoms with Crippen molar-refractivity contribution >= 4 is 11.6 Å². The first kappa shape index (κ1) is 12.0. The first-order chi connectivity index (χ1) is 8.15. The minimum Gasteiger partial charge on any atom is -0.300 e. The van der Waals surface area contributed by atoms with Gasteiger partial charge in [-0.3, -0.25) is 9.59 Å². The van der Waals surface area contributed by atoms with Gasteiger partial charge in [0.1, 0.15) is 5.78 Å². The quantitative estimate of drug-likeness (QED) is 0.746. The molecule has 2 heteroatoms. The van der Waals surface area contributed by atoms with Crippen LogP contribution in [0, 0.1) is 12.8 Å². The number of hydrogen-bond donors (Lipinski definition) is 0. The maximum Gasteiger partial charge on any atom is 0.163 e. The number of aryl methyl sites for hydroxylation is 1. The molecule has 0 heterocycles. The Morgan fingerprint density at radius 1 is 1.29 bits per heavy atom. The SMILES string of the molecule is Cc1ccc(C(=O)CC2CCCC(=O)C2)cc1. The topological polar surface area (TPSA) is 34.1 Å². The molecule has 1 aliphatic rings. The summed E-state index contributed by atoms with van der Waals surface area (Å²) in [5.74, 6) is 0.757. The van der Waals surface area contributed by atoms with Gasteiger partial charge in [0.25, 0.3) is 0 Å². The third-order valence-electron chi connectivity index (χ3n) is 3.43. The van der Waals surface area contributed by atoms with E-state index >= 15 is 0 Å². The lowest BCUT2D eigenvalue weighted by Gasteiger charge is -2.19. The number of carbonyl (C=O) groups excluding carboxylic acids is 2. The third kappa shape index (κ3) is 3.26. The van der Waals surface area contributed by atoms with E-state index in [1.807, 2.05) is 31.2 Å². The van der Waals surface area contributed by atoms with Crippen molar-refractivity contribution in [3.8, 4) is 0 Å². The molecule has 0 aliphatic heterocycles. The lowest BCUT2D eigenvalue weighted by atomic mass is 9.84. The van der Waals surface area contributed by atoms with Crippen LogP contribution in [-0.2, 0) is 4.79 Å². The minimum absolute atomic E-state index is 0.171. The van der Waals surface area contributed by atoms with Crippen LogP contribution in [0.4, 0.5) is 0 Å². The number of rotatable bonds is 3. The Balaban J connectivity index is 1.96. The predicted molar refractivity (Wildman–Crippen MR) is 67.1 cm³/mol. The van der Waals surface area contributed by atoms with Gasteiger partial charge >= 0.3 is 0 Å². The highest BCUT2D eigenvalue weighted by Crippen LogP contribution is 2.25. The van der Waals surface area contributed by atoms with Crippen LogP contribution in [0.3, 0.4) is 0 Å². The summed E-state index contributed by atoms with van der Waals surface area (Å²) >= 11 is 0. The van der Waals surface area contributed by atoms with E-state index < -0.39 is 0 Å². The second kappa shape index (κ2) is 5.26. The van der Waals surface area contributed by atoms with Crippen LogP contribution < -0.4 is 0 Å². The lowest BCUT2D eigenvalue weighted by Crippen LogP contribution is -2.18. The first-order valence-corrected chi connectivity index (χ1v) is 6.27. The van der Waals surface area contributed by atoms with Crippen molar-refractivity contribution < 1.29 is 9.59 Å².